The zero-order chi connectivity index (χ0) is 27.5. The van der Waals surface area contributed by atoms with Crippen LogP contribution in [-0.4, -0.2) is 68.3 Å². The summed E-state index contributed by atoms with van der Waals surface area (Å²) in [7, 11) is 3.29. The van der Waals surface area contributed by atoms with Gasteiger partial charge in [-0.1, -0.05) is 60.7 Å². The molecule has 2 aromatic carbocycles. The predicted molar refractivity (Wildman–Crippen MR) is 149 cm³/mol. The molecule has 7 nitrogen and oxygen atoms in total. The highest BCUT2D eigenvalue weighted by molar-refractivity contribution is 5.14. The summed E-state index contributed by atoms with van der Waals surface area (Å²) in [4.78, 5) is 0. The molecule has 0 aliphatic carbocycles. The standard InChI is InChI=1S/C32H46O7/c1-32(18-10-17-30(34-2)35-3)29(33)21-28-31(39-32)27(37-23-25-14-8-5-9-15-25)20-26(38-28)16-11-19-36-22-24-12-6-4-7-13-24/h4-9,12-15,26-31,33H,10-11,16-23H2,1-3H3/t26-,27+,28-,29+,31+,32-/m1/s1. The molecule has 0 aromatic heterocycles. The van der Waals surface area contributed by atoms with Gasteiger partial charge in [-0.2, -0.15) is 0 Å². The first kappa shape index (κ1) is 30.1. The van der Waals surface area contributed by atoms with Crippen LogP contribution in [0.15, 0.2) is 60.7 Å². The number of hydrogen-bond donors (Lipinski definition) is 1. The topological polar surface area (TPSA) is 75.6 Å². The highest BCUT2D eigenvalue weighted by Gasteiger charge is 2.51. The zero-order valence-electron chi connectivity index (χ0n) is 23.7. The Morgan fingerprint density at radius 3 is 2.26 bits per heavy atom. The third-order valence-electron chi connectivity index (χ3n) is 8.03. The van der Waals surface area contributed by atoms with Crippen LogP contribution in [0.5, 0.6) is 0 Å². The Morgan fingerprint density at radius 1 is 0.923 bits per heavy atom. The first-order chi connectivity index (χ1) is 19.0. The molecule has 4 rings (SSSR count). The van der Waals surface area contributed by atoms with Crippen molar-refractivity contribution in [2.45, 2.75) is 107 Å². The number of hydrogen-bond acceptors (Lipinski definition) is 7. The number of benzene rings is 2. The van der Waals surface area contributed by atoms with Gasteiger partial charge in [0.1, 0.15) is 6.10 Å². The Labute approximate surface area is 233 Å². The number of aliphatic hydroxyl groups is 1. The van der Waals surface area contributed by atoms with Gasteiger partial charge in [-0.15, -0.1) is 0 Å². The molecule has 2 aliphatic rings. The van der Waals surface area contributed by atoms with Crippen molar-refractivity contribution in [3.63, 3.8) is 0 Å². The quantitative estimate of drug-likeness (QED) is 0.238. The van der Waals surface area contributed by atoms with E-state index in [-0.39, 0.29) is 30.7 Å². The molecule has 7 heteroatoms. The molecule has 0 amide bonds. The SMILES string of the molecule is COC(CCC[C@@]1(C)O[C@H]2[C@@H](OCc3ccccc3)C[C@@H](CCCOCc3ccccc3)O[C@@H]2C[C@@H]1O)OC. The minimum atomic E-state index is -0.678. The Bertz CT molecular complexity index is 938. The molecule has 0 radical (unpaired) electrons. The molecule has 216 valence electrons. The maximum atomic E-state index is 11.2. The monoisotopic (exact) mass is 542 g/mol. The Kier molecular flexibility index (Phi) is 11.8. The highest BCUT2D eigenvalue weighted by Crippen LogP contribution is 2.41. The van der Waals surface area contributed by atoms with Crippen LogP contribution < -0.4 is 0 Å². The third-order valence-corrected chi connectivity index (χ3v) is 8.03. The van der Waals surface area contributed by atoms with Gasteiger partial charge in [0.15, 0.2) is 6.29 Å². The maximum Gasteiger partial charge on any atom is 0.156 e. The van der Waals surface area contributed by atoms with E-state index < -0.39 is 11.7 Å². The van der Waals surface area contributed by atoms with Crippen molar-refractivity contribution in [3.05, 3.63) is 71.8 Å². The van der Waals surface area contributed by atoms with Crippen molar-refractivity contribution >= 4 is 0 Å². The fourth-order valence-corrected chi connectivity index (χ4v) is 5.69. The first-order valence-electron chi connectivity index (χ1n) is 14.3. The van der Waals surface area contributed by atoms with Gasteiger partial charge in [0.2, 0.25) is 0 Å². The summed E-state index contributed by atoms with van der Waals surface area (Å²) in [6.07, 6.45) is 3.96. The lowest BCUT2D eigenvalue weighted by Gasteiger charge is -2.52. The van der Waals surface area contributed by atoms with Crippen molar-refractivity contribution in [2.75, 3.05) is 20.8 Å². The van der Waals surface area contributed by atoms with Gasteiger partial charge in [-0.25, -0.2) is 0 Å². The van der Waals surface area contributed by atoms with Crippen LogP contribution in [0.4, 0.5) is 0 Å². The van der Waals surface area contributed by atoms with Crippen molar-refractivity contribution in [1.82, 2.24) is 0 Å². The van der Waals surface area contributed by atoms with Gasteiger partial charge in [-0.3, -0.25) is 0 Å². The van der Waals surface area contributed by atoms with Gasteiger partial charge in [0.25, 0.3) is 0 Å². The average molecular weight is 543 g/mol. The van der Waals surface area contributed by atoms with Crippen molar-refractivity contribution < 1.29 is 33.5 Å². The van der Waals surface area contributed by atoms with E-state index in [0.717, 1.165) is 37.7 Å². The van der Waals surface area contributed by atoms with Gasteiger partial charge in [-0.05, 0) is 50.2 Å². The van der Waals surface area contributed by atoms with Gasteiger partial charge < -0.3 is 33.5 Å². The highest BCUT2D eigenvalue weighted by atomic mass is 16.7. The van der Waals surface area contributed by atoms with Crippen LogP contribution in [-0.2, 0) is 41.6 Å². The zero-order valence-corrected chi connectivity index (χ0v) is 23.7. The second-order valence-corrected chi connectivity index (χ2v) is 11.0. The van der Waals surface area contributed by atoms with Crippen LogP contribution in [0.2, 0.25) is 0 Å². The van der Waals surface area contributed by atoms with Crippen molar-refractivity contribution in [2.24, 2.45) is 0 Å². The lowest BCUT2D eigenvalue weighted by atomic mass is 9.81. The normalized spacial score (nSPS) is 28.9. The molecule has 6 atom stereocenters. The molecule has 2 aromatic rings. The summed E-state index contributed by atoms with van der Waals surface area (Å²) in [5.41, 5.74) is 1.64. The molecular weight excluding hydrogens is 496 g/mol. The van der Waals surface area contributed by atoms with E-state index in [9.17, 15) is 5.11 Å². The number of rotatable bonds is 15. The number of fused-ring (bicyclic) bond motifs is 1. The fraction of sp³-hybridized carbons (Fsp3) is 0.625. The lowest BCUT2D eigenvalue weighted by Crippen LogP contribution is -2.62. The summed E-state index contributed by atoms with van der Waals surface area (Å²) < 4.78 is 36.3. The molecule has 0 spiro atoms. The van der Waals surface area contributed by atoms with Crippen molar-refractivity contribution in [3.8, 4) is 0 Å². The second-order valence-electron chi connectivity index (χ2n) is 11.0. The molecule has 0 bridgehead atoms. The van der Waals surface area contributed by atoms with E-state index in [1.54, 1.807) is 14.2 Å². The second kappa shape index (κ2) is 15.2. The molecule has 2 aliphatic heterocycles. The average Bonchev–Trinajstić information content (AvgIpc) is 2.96. The van der Waals surface area contributed by atoms with Crippen LogP contribution in [0, 0.1) is 0 Å². The minimum absolute atomic E-state index is 0.0386. The van der Waals surface area contributed by atoms with Gasteiger partial charge >= 0.3 is 0 Å². The summed E-state index contributed by atoms with van der Waals surface area (Å²) >= 11 is 0. The van der Waals surface area contributed by atoms with Crippen molar-refractivity contribution in [1.29, 1.82) is 0 Å². The molecular formula is C32H46O7. The summed E-state index contributed by atoms with van der Waals surface area (Å²) in [6, 6.07) is 20.5. The lowest BCUT2D eigenvalue weighted by molar-refractivity contribution is -0.291. The molecule has 2 fully saturated rings. The fourth-order valence-electron chi connectivity index (χ4n) is 5.69. The van der Waals surface area contributed by atoms with Crippen LogP contribution in [0.25, 0.3) is 0 Å². The molecule has 2 heterocycles. The van der Waals surface area contributed by atoms with E-state index >= 15 is 0 Å². The van der Waals surface area contributed by atoms with E-state index in [2.05, 4.69) is 24.3 Å². The predicted octanol–water partition coefficient (Wildman–Crippen LogP) is 5.42. The molecule has 1 N–H and O–H groups in total. The van der Waals surface area contributed by atoms with Gasteiger partial charge in [0, 0.05) is 33.7 Å². The maximum absolute atomic E-state index is 11.2. The minimum Gasteiger partial charge on any atom is -0.390 e. The Morgan fingerprint density at radius 2 is 1.59 bits per heavy atom. The van der Waals surface area contributed by atoms with E-state index in [1.165, 1.54) is 5.56 Å². The molecule has 0 unspecified atom stereocenters. The summed E-state index contributed by atoms with van der Waals surface area (Å²) in [6.45, 7) is 3.83. The van der Waals surface area contributed by atoms with Crippen LogP contribution in [0.3, 0.4) is 0 Å². The number of aliphatic hydroxyl groups excluding tert-OH is 1. The molecule has 0 saturated carbocycles. The van der Waals surface area contributed by atoms with E-state index in [1.807, 2.05) is 43.3 Å². The van der Waals surface area contributed by atoms with Crippen LogP contribution in [0.1, 0.15) is 63.0 Å². The first-order valence-corrected chi connectivity index (χ1v) is 14.3. The largest absolute Gasteiger partial charge is 0.390 e. The third kappa shape index (κ3) is 8.82. The Balaban J connectivity index is 1.34. The smallest absolute Gasteiger partial charge is 0.156 e. The molecule has 2 saturated heterocycles. The van der Waals surface area contributed by atoms with Gasteiger partial charge in [0.05, 0.1) is 43.2 Å². The van der Waals surface area contributed by atoms with Crippen LogP contribution >= 0.6 is 0 Å². The molecule has 39 heavy (non-hydrogen) atoms. The summed E-state index contributed by atoms with van der Waals surface area (Å²) in [5.74, 6) is 0. The summed E-state index contributed by atoms with van der Waals surface area (Å²) in [5, 5.41) is 11.2. The Hall–Kier alpha value is -1.84. The van der Waals surface area contributed by atoms with E-state index in [0.29, 0.717) is 32.7 Å². The number of ether oxygens (including phenoxy) is 6. The van der Waals surface area contributed by atoms with E-state index in [4.69, 9.17) is 28.4 Å². The number of methoxy groups -OCH3 is 2.